The summed E-state index contributed by atoms with van der Waals surface area (Å²) < 4.78 is 0. The van der Waals surface area contributed by atoms with E-state index in [0.29, 0.717) is 5.56 Å². The molecule has 12 nitrogen and oxygen atoms in total. The molecule has 3 amide bonds. The number of benzene rings is 1. The molecule has 1 rings (SSSR count). The molecule has 12 heteroatoms. The van der Waals surface area contributed by atoms with Crippen LogP contribution in [0.15, 0.2) is 30.3 Å². The average molecular weight is 438 g/mol. The molecule has 31 heavy (non-hydrogen) atoms. The molecule has 0 aliphatic carbocycles. The average Bonchev–Trinajstić information content (AvgIpc) is 2.69. The highest BCUT2D eigenvalue weighted by molar-refractivity contribution is 5.93. The van der Waals surface area contributed by atoms with Gasteiger partial charge in [-0.2, -0.15) is 0 Å². The Labute approximate surface area is 177 Å². The molecule has 0 bridgehead atoms. The second kappa shape index (κ2) is 12.2. The van der Waals surface area contributed by atoms with Crippen molar-refractivity contribution in [2.24, 2.45) is 5.73 Å². The van der Waals surface area contributed by atoms with E-state index in [9.17, 15) is 29.1 Å². The molecule has 4 atom stereocenters. The van der Waals surface area contributed by atoms with Crippen molar-refractivity contribution in [3.05, 3.63) is 35.9 Å². The Bertz CT molecular complexity index is 799. The first kappa shape index (κ1) is 25.5. The van der Waals surface area contributed by atoms with Crippen LogP contribution in [-0.2, 0) is 30.4 Å². The molecule has 0 saturated heterocycles. The summed E-state index contributed by atoms with van der Waals surface area (Å²) in [7, 11) is 0. The summed E-state index contributed by atoms with van der Waals surface area (Å²) >= 11 is 0. The molecular weight excluding hydrogens is 412 g/mol. The summed E-state index contributed by atoms with van der Waals surface area (Å²) in [5.41, 5.74) is 6.21. The fourth-order valence-corrected chi connectivity index (χ4v) is 2.52. The molecule has 0 spiro atoms. The lowest BCUT2D eigenvalue weighted by Crippen LogP contribution is -2.55. The number of nitrogens with one attached hydrogen (secondary N) is 3. The Balaban J connectivity index is 2.81. The van der Waals surface area contributed by atoms with Gasteiger partial charge in [-0.3, -0.25) is 19.2 Å². The van der Waals surface area contributed by atoms with Gasteiger partial charge in [0, 0.05) is 6.42 Å². The number of aliphatic hydroxyl groups is 1. The minimum absolute atomic E-state index is 0.0330. The zero-order valence-electron chi connectivity index (χ0n) is 16.8. The van der Waals surface area contributed by atoms with Crippen LogP contribution in [0, 0.1) is 0 Å². The monoisotopic (exact) mass is 438 g/mol. The van der Waals surface area contributed by atoms with Crippen molar-refractivity contribution in [3.63, 3.8) is 0 Å². The lowest BCUT2D eigenvalue weighted by molar-refractivity contribution is -0.144. The van der Waals surface area contributed by atoms with Crippen molar-refractivity contribution >= 4 is 29.7 Å². The van der Waals surface area contributed by atoms with E-state index in [2.05, 4.69) is 16.0 Å². The number of hydrogen-bond acceptors (Lipinski definition) is 7. The van der Waals surface area contributed by atoms with Crippen LogP contribution in [0.2, 0.25) is 0 Å². The number of carbonyl (C=O) groups is 5. The van der Waals surface area contributed by atoms with E-state index in [1.54, 1.807) is 30.3 Å². The molecule has 0 aromatic heterocycles. The van der Waals surface area contributed by atoms with Crippen LogP contribution in [-0.4, -0.2) is 75.8 Å². The van der Waals surface area contributed by atoms with E-state index in [1.165, 1.54) is 6.92 Å². The number of carboxylic acid groups (broad SMARTS) is 2. The lowest BCUT2D eigenvalue weighted by Gasteiger charge is -2.21. The molecule has 8 N–H and O–H groups in total. The van der Waals surface area contributed by atoms with Crippen LogP contribution in [0.1, 0.15) is 18.9 Å². The summed E-state index contributed by atoms with van der Waals surface area (Å²) in [6, 6.07) is 4.50. The quantitative estimate of drug-likeness (QED) is 0.185. The lowest BCUT2D eigenvalue weighted by atomic mass is 10.0. The number of carbonyl (C=O) groups excluding carboxylic acids is 3. The largest absolute Gasteiger partial charge is 0.481 e. The number of rotatable bonds is 12. The van der Waals surface area contributed by atoms with Crippen LogP contribution in [0.4, 0.5) is 0 Å². The first-order valence-electron chi connectivity index (χ1n) is 9.30. The Morgan fingerprint density at radius 3 is 2.13 bits per heavy atom. The molecule has 1 aromatic carbocycles. The Morgan fingerprint density at radius 2 is 1.61 bits per heavy atom. The second-order valence-corrected chi connectivity index (χ2v) is 6.80. The molecule has 0 fully saturated rings. The summed E-state index contributed by atoms with van der Waals surface area (Å²) in [6.07, 6.45) is -1.97. The smallest absolute Gasteiger partial charge is 0.328 e. The fraction of sp³-hybridized carbons (Fsp3) is 0.421. The fourth-order valence-electron chi connectivity index (χ4n) is 2.52. The van der Waals surface area contributed by atoms with Crippen molar-refractivity contribution in [1.29, 1.82) is 0 Å². The van der Waals surface area contributed by atoms with Gasteiger partial charge >= 0.3 is 11.9 Å². The third kappa shape index (κ3) is 9.23. The summed E-state index contributed by atoms with van der Waals surface area (Å²) in [6.45, 7) is 0.571. The maximum atomic E-state index is 12.6. The van der Waals surface area contributed by atoms with E-state index in [1.807, 2.05) is 0 Å². The van der Waals surface area contributed by atoms with Crippen molar-refractivity contribution in [3.8, 4) is 0 Å². The maximum absolute atomic E-state index is 12.6. The first-order valence-corrected chi connectivity index (χ1v) is 9.30. The van der Waals surface area contributed by atoms with Crippen LogP contribution < -0.4 is 21.7 Å². The SMILES string of the molecule is CC(O)C(NC(=O)CNC(=O)C(Cc1ccccc1)NC(=O)C(N)CC(=O)O)C(=O)O. The van der Waals surface area contributed by atoms with Gasteiger partial charge in [-0.1, -0.05) is 30.3 Å². The van der Waals surface area contributed by atoms with Crippen LogP contribution in [0.25, 0.3) is 0 Å². The van der Waals surface area contributed by atoms with Crippen molar-refractivity contribution in [2.45, 2.75) is 44.0 Å². The number of carboxylic acids is 2. The first-order chi connectivity index (χ1) is 14.5. The van der Waals surface area contributed by atoms with E-state index < -0.39 is 66.9 Å². The normalized spacial score (nSPS) is 14.4. The number of nitrogens with two attached hydrogens (primary N) is 1. The maximum Gasteiger partial charge on any atom is 0.328 e. The van der Waals surface area contributed by atoms with Gasteiger partial charge in [0.05, 0.1) is 25.1 Å². The molecule has 0 aliphatic heterocycles. The molecule has 4 unspecified atom stereocenters. The number of amides is 3. The van der Waals surface area contributed by atoms with Crippen molar-refractivity contribution in [1.82, 2.24) is 16.0 Å². The molecule has 0 aliphatic rings. The highest BCUT2D eigenvalue weighted by Crippen LogP contribution is 2.04. The Morgan fingerprint density at radius 1 is 1.00 bits per heavy atom. The van der Waals surface area contributed by atoms with E-state index >= 15 is 0 Å². The van der Waals surface area contributed by atoms with Gasteiger partial charge in [-0.25, -0.2) is 4.79 Å². The van der Waals surface area contributed by atoms with Gasteiger partial charge in [0.25, 0.3) is 0 Å². The molecule has 1 aromatic rings. The van der Waals surface area contributed by atoms with Crippen LogP contribution in [0.3, 0.4) is 0 Å². The van der Waals surface area contributed by atoms with Gasteiger partial charge in [0.1, 0.15) is 6.04 Å². The summed E-state index contributed by atoms with van der Waals surface area (Å²) in [5.74, 6) is -5.22. The third-order valence-corrected chi connectivity index (χ3v) is 4.14. The molecular formula is C19H26N4O8. The van der Waals surface area contributed by atoms with Crippen molar-refractivity contribution < 1.29 is 39.3 Å². The van der Waals surface area contributed by atoms with Crippen LogP contribution in [0.5, 0.6) is 0 Å². The van der Waals surface area contributed by atoms with Gasteiger partial charge in [-0.05, 0) is 12.5 Å². The van der Waals surface area contributed by atoms with Gasteiger partial charge in [0.2, 0.25) is 17.7 Å². The van der Waals surface area contributed by atoms with Crippen molar-refractivity contribution in [2.75, 3.05) is 6.54 Å². The Hall–Kier alpha value is -3.51. The number of aliphatic hydroxyl groups excluding tert-OH is 1. The molecule has 0 heterocycles. The summed E-state index contributed by atoms with van der Waals surface area (Å²) in [5, 5.41) is 33.8. The minimum atomic E-state index is -1.56. The summed E-state index contributed by atoms with van der Waals surface area (Å²) in [4.78, 5) is 58.4. The zero-order chi connectivity index (χ0) is 23.6. The molecule has 170 valence electrons. The minimum Gasteiger partial charge on any atom is -0.481 e. The topological polar surface area (TPSA) is 208 Å². The van der Waals surface area contributed by atoms with E-state index in [4.69, 9.17) is 15.9 Å². The molecule has 0 saturated carbocycles. The highest BCUT2D eigenvalue weighted by Gasteiger charge is 2.27. The van der Waals surface area contributed by atoms with Gasteiger partial charge < -0.3 is 37.0 Å². The highest BCUT2D eigenvalue weighted by atomic mass is 16.4. The van der Waals surface area contributed by atoms with E-state index in [0.717, 1.165) is 0 Å². The Kier molecular flexibility index (Phi) is 10.1. The number of aliphatic carboxylic acids is 2. The van der Waals surface area contributed by atoms with Crippen LogP contribution >= 0.6 is 0 Å². The van der Waals surface area contributed by atoms with Gasteiger partial charge in [0.15, 0.2) is 6.04 Å². The number of hydrogen-bond donors (Lipinski definition) is 7. The second-order valence-electron chi connectivity index (χ2n) is 6.80. The standard InChI is InChI=1S/C19H26N4O8/c1-10(24)16(19(30)31)23-14(25)9-21-18(29)13(7-11-5-3-2-4-6-11)22-17(28)12(20)8-15(26)27/h2-6,10,12-13,16,24H,7-9,20H2,1H3,(H,21,29)(H,22,28)(H,23,25)(H,26,27)(H,30,31). The predicted molar refractivity (Wildman–Crippen MR) is 107 cm³/mol. The molecule has 0 radical (unpaired) electrons. The zero-order valence-corrected chi connectivity index (χ0v) is 16.8. The van der Waals surface area contributed by atoms with Gasteiger partial charge in [-0.15, -0.1) is 0 Å². The van der Waals surface area contributed by atoms with E-state index in [-0.39, 0.29) is 6.42 Å². The predicted octanol–water partition coefficient (Wildman–Crippen LogP) is -2.42. The third-order valence-electron chi connectivity index (χ3n) is 4.14.